The normalized spacial score (nSPS) is 16.0. The number of carbonyl (C=O) groups is 1. The summed E-state index contributed by atoms with van der Waals surface area (Å²) in [5.74, 6) is 0.198. The zero-order valence-corrected chi connectivity index (χ0v) is 22.0. The molecule has 12 heteroatoms. The van der Waals surface area contributed by atoms with Crippen molar-refractivity contribution in [2.75, 3.05) is 18.8 Å². The highest BCUT2D eigenvalue weighted by Crippen LogP contribution is 2.34. The van der Waals surface area contributed by atoms with E-state index < -0.39 is 10.0 Å². The smallest absolute Gasteiger partial charge is 0.246 e. The maximum Gasteiger partial charge on any atom is 0.246 e. The first-order chi connectivity index (χ1) is 18.3. The van der Waals surface area contributed by atoms with Gasteiger partial charge in [-0.1, -0.05) is 54.6 Å². The molecule has 4 aromatic rings. The van der Waals surface area contributed by atoms with Crippen LogP contribution in [0.3, 0.4) is 0 Å². The van der Waals surface area contributed by atoms with Crippen LogP contribution in [0.2, 0.25) is 5.02 Å². The van der Waals surface area contributed by atoms with Crippen LogP contribution in [-0.2, 0) is 21.4 Å². The lowest BCUT2D eigenvalue weighted by Crippen LogP contribution is -2.40. The molecule has 38 heavy (non-hydrogen) atoms. The number of hydrogen-bond acceptors (Lipinski definition) is 7. The number of nitrogens with one attached hydrogen (secondary N) is 1. The first kappa shape index (κ1) is 25.8. The van der Waals surface area contributed by atoms with Gasteiger partial charge in [-0.25, -0.2) is 27.8 Å². The summed E-state index contributed by atoms with van der Waals surface area (Å²) in [7, 11) is -3.77. The standard InChI is InChI=1S/C26H26ClN7O3S/c1-2-22(35)33-13-5-6-19(15-33)34-26-23(25(28)29-16-30-26)24(32-34)18-11-9-17(10-12-18)14-31-38(36,37)21-8-4-3-7-20(21)27/h2-4,7-12,16,19,31H,1,5-6,13-15H2,(H2,28,29,30). The Morgan fingerprint density at radius 3 is 2.68 bits per heavy atom. The number of carbonyl (C=O) groups excluding carboxylic acids is 1. The fourth-order valence-corrected chi connectivity index (χ4v) is 6.17. The lowest BCUT2D eigenvalue weighted by Gasteiger charge is -2.32. The number of piperidine rings is 1. The molecule has 3 heterocycles. The number of anilines is 1. The Morgan fingerprint density at radius 2 is 1.95 bits per heavy atom. The second kappa shape index (κ2) is 10.5. The molecule has 0 bridgehead atoms. The number of hydrogen-bond donors (Lipinski definition) is 2. The summed E-state index contributed by atoms with van der Waals surface area (Å²) < 4.78 is 29.8. The molecule has 0 aliphatic carbocycles. The second-order valence-corrected chi connectivity index (χ2v) is 11.1. The van der Waals surface area contributed by atoms with Crippen molar-refractivity contribution >= 4 is 44.4 Å². The summed E-state index contributed by atoms with van der Waals surface area (Å²) in [6, 6.07) is 13.6. The average molecular weight is 552 g/mol. The number of nitrogens with two attached hydrogens (primary N) is 1. The van der Waals surface area contributed by atoms with Gasteiger partial charge in [-0.05, 0) is 36.6 Å². The van der Waals surface area contributed by atoms with Crippen molar-refractivity contribution in [2.24, 2.45) is 0 Å². The van der Waals surface area contributed by atoms with Gasteiger partial charge in [0.15, 0.2) is 5.65 Å². The Kier molecular flexibility index (Phi) is 7.15. The van der Waals surface area contributed by atoms with Crippen LogP contribution in [0, 0.1) is 0 Å². The molecule has 1 fully saturated rings. The fraction of sp³-hybridized carbons (Fsp3) is 0.231. The third kappa shape index (κ3) is 5.00. The van der Waals surface area contributed by atoms with Crippen molar-refractivity contribution in [3.05, 3.63) is 78.1 Å². The number of nitrogen functional groups attached to an aromatic ring is 1. The van der Waals surface area contributed by atoms with E-state index in [1.54, 1.807) is 17.0 Å². The molecule has 196 valence electrons. The largest absolute Gasteiger partial charge is 0.383 e. The Morgan fingerprint density at radius 1 is 1.18 bits per heavy atom. The number of fused-ring (bicyclic) bond motifs is 1. The van der Waals surface area contributed by atoms with Crippen LogP contribution in [0.25, 0.3) is 22.3 Å². The number of halogens is 1. The zero-order chi connectivity index (χ0) is 26.9. The van der Waals surface area contributed by atoms with Crippen LogP contribution in [0.4, 0.5) is 5.82 Å². The van der Waals surface area contributed by atoms with Crippen LogP contribution in [0.15, 0.2) is 72.4 Å². The minimum absolute atomic E-state index is 0.0295. The van der Waals surface area contributed by atoms with Gasteiger partial charge in [0, 0.05) is 25.2 Å². The lowest BCUT2D eigenvalue weighted by molar-refractivity contribution is -0.127. The summed E-state index contributed by atoms with van der Waals surface area (Å²) in [4.78, 5) is 22.6. The van der Waals surface area contributed by atoms with E-state index in [4.69, 9.17) is 22.4 Å². The zero-order valence-electron chi connectivity index (χ0n) is 20.4. The molecule has 2 aromatic heterocycles. The van der Waals surface area contributed by atoms with Crippen molar-refractivity contribution in [2.45, 2.75) is 30.3 Å². The molecule has 0 spiro atoms. The van der Waals surface area contributed by atoms with Crippen LogP contribution < -0.4 is 10.5 Å². The summed E-state index contributed by atoms with van der Waals surface area (Å²) in [5.41, 5.74) is 9.01. The van der Waals surface area contributed by atoms with Crippen LogP contribution in [-0.4, -0.2) is 52.1 Å². The van der Waals surface area contributed by atoms with E-state index in [1.807, 2.05) is 28.9 Å². The lowest BCUT2D eigenvalue weighted by atomic mass is 10.1. The number of nitrogens with zero attached hydrogens (tertiary/aromatic N) is 5. The first-order valence-corrected chi connectivity index (χ1v) is 13.9. The highest BCUT2D eigenvalue weighted by atomic mass is 35.5. The van der Waals surface area contributed by atoms with Crippen molar-refractivity contribution in [1.82, 2.24) is 29.4 Å². The van der Waals surface area contributed by atoms with E-state index >= 15 is 0 Å². The molecule has 3 N–H and O–H groups in total. The van der Waals surface area contributed by atoms with Gasteiger partial charge in [0.25, 0.3) is 0 Å². The van der Waals surface area contributed by atoms with E-state index in [9.17, 15) is 13.2 Å². The van der Waals surface area contributed by atoms with Gasteiger partial charge in [0.1, 0.15) is 22.7 Å². The quantitative estimate of drug-likeness (QED) is 0.335. The van der Waals surface area contributed by atoms with Crippen molar-refractivity contribution in [1.29, 1.82) is 0 Å². The minimum atomic E-state index is -3.77. The summed E-state index contributed by atoms with van der Waals surface area (Å²) in [6.45, 7) is 4.85. The summed E-state index contributed by atoms with van der Waals surface area (Å²) >= 11 is 6.06. The minimum Gasteiger partial charge on any atom is -0.383 e. The van der Waals surface area contributed by atoms with E-state index in [0.29, 0.717) is 35.6 Å². The third-order valence-electron chi connectivity index (χ3n) is 6.57. The molecule has 2 aromatic carbocycles. The first-order valence-electron chi connectivity index (χ1n) is 12.0. The number of amides is 1. The third-order valence-corrected chi connectivity index (χ3v) is 8.47. The maximum absolute atomic E-state index is 12.7. The maximum atomic E-state index is 12.7. The number of sulfonamides is 1. The van der Waals surface area contributed by atoms with Crippen LogP contribution in [0.1, 0.15) is 24.4 Å². The Hall–Kier alpha value is -3.80. The predicted octanol–water partition coefficient (Wildman–Crippen LogP) is 3.56. The highest BCUT2D eigenvalue weighted by Gasteiger charge is 2.28. The van der Waals surface area contributed by atoms with E-state index in [0.717, 1.165) is 24.0 Å². The van der Waals surface area contributed by atoms with Gasteiger partial charge in [-0.2, -0.15) is 5.10 Å². The Labute approximate surface area is 225 Å². The second-order valence-electron chi connectivity index (χ2n) is 8.99. The van der Waals surface area contributed by atoms with E-state index in [2.05, 4.69) is 21.3 Å². The van der Waals surface area contributed by atoms with Crippen molar-refractivity contribution in [3.63, 3.8) is 0 Å². The number of benzene rings is 2. The molecule has 1 amide bonds. The van der Waals surface area contributed by atoms with Crippen LogP contribution in [0.5, 0.6) is 0 Å². The monoisotopic (exact) mass is 551 g/mol. The van der Waals surface area contributed by atoms with Gasteiger partial charge in [-0.3, -0.25) is 4.79 Å². The molecule has 10 nitrogen and oxygen atoms in total. The predicted molar refractivity (Wildman–Crippen MR) is 146 cm³/mol. The van der Waals surface area contributed by atoms with Gasteiger partial charge >= 0.3 is 0 Å². The van der Waals surface area contributed by atoms with Gasteiger partial charge in [0.05, 0.1) is 16.5 Å². The molecule has 1 atom stereocenters. The Bertz CT molecular complexity index is 1620. The van der Waals surface area contributed by atoms with E-state index in [-0.39, 0.29) is 28.4 Å². The molecular formula is C26H26ClN7O3S. The molecule has 1 unspecified atom stereocenters. The molecule has 1 aliphatic rings. The Balaban J connectivity index is 1.42. The van der Waals surface area contributed by atoms with Crippen molar-refractivity contribution in [3.8, 4) is 11.3 Å². The number of aromatic nitrogens is 4. The summed E-state index contributed by atoms with van der Waals surface area (Å²) in [5, 5.41) is 5.66. The fourth-order valence-electron chi connectivity index (χ4n) is 4.63. The molecule has 0 radical (unpaired) electrons. The molecule has 0 saturated carbocycles. The van der Waals surface area contributed by atoms with Crippen LogP contribution >= 0.6 is 11.6 Å². The number of likely N-dealkylation sites (tertiary alicyclic amines) is 1. The van der Waals surface area contributed by atoms with Gasteiger partial charge in [-0.15, -0.1) is 0 Å². The molecule has 1 aliphatic heterocycles. The van der Waals surface area contributed by atoms with Crippen molar-refractivity contribution < 1.29 is 13.2 Å². The topological polar surface area (TPSA) is 136 Å². The SMILES string of the molecule is C=CC(=O)N1CCCC(n2nc(-c3ccc(CNS(=O)(=O)c4ccccc4Cl)cc3)c3c(N)ncnc32)C1. The highest BCUT2D eigenvalue weighted by molar-refractivity contribution is 7.89. The average Bonchev–Trinajstić information content (AvgIpc) is 3.33. The van der Waals surface area contributed by atoms with Gasteiger partial charge < -0.3 is 10.6 Å². The van der Waals surface area contributed by atoms with Gasteiger partial charge in [0.2, 0.25) is 15.9 Å². The molecule has 5 rings (SSSR count). The molecule has 1 saturated heterocycles. The molecular weight excluding hydrogens is 526 g/mol. The number of rotatable bonds is 7. The van der Waals surface area contributed by atoms with E-state index in [1.165, 1.54) is 24.5 Å². The summed E-state index contributed by atoms with van der Waals surface area (Å²) in [6.07, 6.45) is 4.40.